The molecule has 0 atom stereocenters. The Morgan fingerprint density at radius 1 is 1.11 bits per heavy atom. The normalized spacial score (nSPS) is 10.8. The fourth-order valence-electron chi connectivity index (χ4n) is 1.36. The molecule has 6 nitrogen and oxygen atoms in total. The Morgan fingerprint density at radius 3 is 2.32 bits per heavy atom. The van der Waals surface area contributed by atoms with Crippen molar-refractivity contribution in [3.8, 4) is 0 Å². The van der Waals surface area contributed by atoms with Crippen molar-refractivity contribution in [3.63, 3.8) is 0 Å². The molecule has 0 radical (unpaired) electrons. The van der Waals surface area contributed by atoms with Crippen LogP contribution in [0.1, 0.15) is 0 Å². The predicted molar refractivity (Wildman–Crippen MR) is 75.9 cm³/mol. The van der Waals surface area contributed by atoms with Gasteiger partial charge in [-0.25, -0.2) is 0 Å². The third-order valence-electron chi connectivity index (χ3n) is 2.34. The van der Waals surface area contributed by atoms with Crippen LogP contribution < -0.4 is 4.90 Å². The van der Waals surface area contributed by atoms with Crippen molar-refractivity contribution < 1.29 is 4.92 Å². The summed E-state index contributed by atoms with van der Waals surface area (Å²) in [5, 5.41) is 20.5. The van der Waals surface area contributed by atoms with E-state index in [1.807, 2.05) is 31.1 Å². The zero-order chi connectivity index (χ0) is 13.8. The van der Waals surface area contributed by atoms with Crippen LogP contribution in [0, 0.1) is 10.1 Å². The number of azo groups is 1. The average Bonchev–Trinajstić information content (AvgIpc) is 2.86. The number of non-ortho nitro benzene ring substituents is 1. The highest BCUT2D eigenvalue weighted by Crippen LogP contribution is 2.32. The van der Waals surface area contributed by atoms with E-state index < -0.39 is 4.92 Å². The fourth-order valence-corrected chi connectivity index (χ4v) is 2.11. The molecule has 2 aromatic rings. The summed E-state index contributed by atoms with van der Waals surface area (Å²) in [4.78, 5) is 12.1. The number of nitro benzene ring substituents is 1. The van der Waals surface area contributed by atoms with E-state index in [2.05, 4.69) is 10.2 Å². The quantitative estimate of drug-likeness (QED) is 0.478. The minimum atomic E-state index is -0.441. The van der Waals surface area contributed by atoms with E-state index in [4.69, 9.17) is 0 Å². The van der Waals surface area contributed by atoms with E-state index in [1.165, 1.54) is 23.5 Å². The molecule has 19 heavy (non-hydrogen) atoms. The van der Waals surface area contributed by atoms with Crippen LogP contribution in [0.3, 0.4) is 0 Å². The number of hydrogen-bond donors (Lipinski definition) is 0. The number of hydrogen-bond acceptors (Lipinski definition) is 6. The Kier molecular flexibility index (Phi) is 3.86. The number of nitrogens with zero attached hydrogens (tertiary/aromatic N) is 4. The van der Waals surface area contributed by atoms with Crippen LogP contribution in [0.2, 0.25) is 0 Å². The first-order valence-corrected chi connectivity index (χ1v) is 6.31. The summed E-state index contributed by atoms with van der Waals surface area (Å²) < 4.78 is 0. The van der Waals surface area contributed by atoms with E-state index in [0.717, 1.165) is 10.0 Å². The molecule has 0 spiro atoms. The van der Waals surface area contributed by atoms with E-state index >= 15 is 0 Å². The molecular formula is C12H12N4O2S. The number of rotatable bonds is 4. The molecule has 0 amide bonds. The van der Waals surface area contributed by atoms with Gasteiger partial charge in [-0.2, -0.15) is 0 Å². The summed E-state index contributed by atoms with van der Waals surface area (Å²) in [6.45, 7) is 0. The van der Waals surface area contributed by atoms with Crippen LogP contribution in [0.5, 0.6) is 0 Å². The highest BCUT2D eigenvalue weighted by molar-refractivity contribution is 7.19. The second-order valence-corrected chi connectivity index (χ2v) is 5.02. The van der Waals surface area contributed by atoms with Gasteiger partial charge >= 0.3 is 0 Å². The molecule has 0 fully saturated rings. The molecule has 0 saturated heterocycles. The minimum absolute atomic E-state index is 0.0463. The van der Waals surface area contributed by atoms with Crippen molar-refractivity contribution >= 4 is 32.7 Å². The van der Waals surface area contributed by atoms with E-state index in [1.54, 1.807) is 12.1 Å². The van der Waals surface area contributed by atoms with Crippen LogP contribution in [-0.2, 0) is 0 Å². The highest BCUT2D eigenvalue weighted by atomic mass is 32.1. The Labute approximate surface area is 114 Å². The number of nitro groups is 1. The van der Waals surface area contributed by atoms with Crippen LogP contribution in [0.15, 0.2) is 46.6 Å². The van der Waals surface area contributed by atoms with Crippen molar-refractivity contribution in [2.45, 2.75) is 0 Å². The molecule has 2 rings (SSSR count). The minimum Gasteiger partial charge on any atom is -0.370 e. The average molecular weight is 276 g/mol. The summed E-state index contributed by atoms with van der Waals surface area (Å²) >= 11 is 1.53. The van der Waals surface area contributed by atoms with E-state index in [0.29, 0.717) is 5.69 Å². The molecule has 98 valence electrons. The molecule has 0 aliphatic carbocycles. The maximum absolute atomic E-state index is 10.5. The van der Waals surface area contributed by atoms with Gasteiger partial charge in [0.2, 0.25) is 0 Å². The lowest BCUT2D eigenvalue weighted by molar-refractivity contribution is -0.384. The fraction of sp³-hybridized carbons (Fsp3) is 0.167. The first kappa shape index (κ1) is 13.2. The predicted octanol–water partition coefficient (Wildman–Crippen LogP) is 4.14. The Hall–Kier alpha value is -2.28. The lowest BCUT2D eigenvalue weighted by Crippen LogP contribution is -2.05. The summed E-state index contributed by atoms with van der Waals surface area (Å²) in [6.07, 6.45) is 0. The summed E-state index contributed by atoms with van der Waals surface area (Å²) in [6, 6.07) is 9.82. The van der Waals surface area contributed by atoms with Crippen molar-refractivity contribution in [2.24, 2.45) is 10.2 Å². The Bertz CT molecular complexity index is 604. The van der Waals surface area contributed by atoms with Gasteiger partial charge in [-0.1, -0.05) is 11.3 Å². The van der Waals surface area contributed by atoms with Crippen LogP contribution in [0.4, 0.5) is 21.4 Å². The van der Waals surface area contributed by atoms with Crippen molar-refractivity contribution in [1.29, 1.82) is 0 Å². The highest BCUT2D eigenvalue weighted by Gasteiger charge is 2.03. The molecule has 1 heterocycles. The second-order valence-electron chi connectivity index (χ2n) is 3.98. The number of anilines is 1. The second kappa shape index (κ2) is 5.57. The van der Waals surface area contributed by atoms with Crippen molar-refractivity contribution in [1.82, 2.24) is 0 Å². The van der Waals surface area contributed by atoms with Crippen LogP contribution in [-0.4, -0.2) is 19.0 Å². The third-order valence-corrected chi connectivity index (χ3v) is 3.48. The SMILES string of the molecule is CN(C)c1ccc(N=Nc2ccc([N+](=O)[O-])cc2)s1. The standard InChI is InChI=1S/C12H12N4O2S/c1-15(2)12-8-7-11(19-12)14-13-9-3-5-10(6-4-9)16(17)18/h3-8H,1-2H3. The molecule has 0 aliphatic rings. The summed E-state index contributed by atoms with van der Waals surface area (Å²) in [7, 11) is 3.92. The Balaban J connectivity index is 2.11. The van der Waals surface area contributed by atoms with Crippen molar-refractivity contribution in [3.05, 3.63) is 46.5 Å². The first-order valence-electron chi connectivity index (χ1n) is 5.49. The number of thiophene rings is 1. The largest absolute Gasteiger partial charge is 0.370 e. The van der Waals surface area contributed by atoms with E-state index in [9.17, 15) is 10.1 Å². The van der Waals surface area contributed by atoms with Crippen LogP contribution in [0.25, 0.3) is 0 Å². The monoisotopic (exact) mass is 276 g/mol. The lowest BCUT2D eigenvalue weighted by atomic mass is 10.3. The molecule has 0 bridgehead atoms. The zero-order valence-electron chi connectivity index (χ0n) is 10.5. The molecule has 1 aromatic carbocycles. The smallest absolute Gasteiger partial charge is 0.269 e. The third kappa shape index (κ3) is 3.35. The van der Waals surface area contributed by atoms with Gasteiger partial charge in [-0.3, -0.25) is 10.1 Å². The molecule has 1 aromatic heterocycles. The summed E-state index contributed by atoms with van der Waals surface area (Å²) in [5.74, 6) is 0. The van der Waals surface area contributed by atoms with E-state index in [-0.39, 0.29) is 5.69 Å². The molecule has 0 aliphatic heterocycles. The van der Waals surface area contributed by atoms with Crippen LogP contribution >= 0.6 is 11.3 Å². The van der Waals surface area contributed by atoms with Crippen molar-refractivity contribution in [2.75, 3.05) is 19.0 Å². The van der Waals surface area contributed by atoms with Gasteiger partial charge < -0.3 is 4.90 Å². The molecule has 0 N–H and O–H groups in total. The van der Waals surface area contributed by atoms with Gasteiger partial charge in [-0.15, -0.1) is 10.2 Å². The maximum Gasteiger partial charge on any atom is 0.269 e. The van der Waals surface area contributed by atoms with Gasteiger partial charge in [0.25, 0.3) is 5.69 Å². The Morgan fingerprint density at radius 2 is 1.79 bits per heavy atom. The summed E-state index contributed by atoms with van der Waals surface area (Å²) in [5.41, 5.74) is 0.635. The lowest BCUT2D eigenvalue weighted by Gasteiger charge is -2.06. The maximum atomic E-state index is 10.5. The van der Waals surface area contributed by atoms with Gasteiger partial charge in [-0.05, 0) is 24.3 Å². The topological polar surface area (TPSA) is 71.1 Å². The van der Waals surface area contributed by atoms with Gasteiger partial charge in [0.1, 0.15) is 5.00 Å². The number of benzene rings is 1. The van der Waals surface area contributed by atoms with Gasteiger partial charge in [0, 0.05) is 26.2 Å². The zero-order valence-corrected chi connectivity index (χ0v) is 11.3. The first-order chi connectivity index (χ1) is 9.06. The van der Waals surface area contributed by atoms with Gasteiger partial charge in [0.15, 0.2) is 0 Å². The molecular weight excluding hydrogens is 264 g/mol. The molecule has 7 heteroatoms. The molecule has 0 saturated carbocycles. The van der Waals surface area contributed by atoms with Gasteiger partial charge in [0.05, 0.1) is 15.6 Å². The molecule has 0 unspecified atom stereocenters.